The molecule has 1 unspecified atom stereocenters. The van der Waals surface area contributed by atoms with E-state index < -0.39 is 0 Å². The van der Waals surface area contributed by atoms with Gasteiger partial charge in [-0.3, -0.25) is 9.48 Å². The van der Waals surface area contributed by atoms with E-state index >= 15 is 0 Å². The standard InChI is InChI=1S/C13H20ClN3O/c1-9(14)11-4-6-17(7-5-11)13(18)12-8-16(3)15-10(12)2/h8-9,11H,4-7H2,1-3H3. The first-order chi connectivity index (χ1) is 8.49. The molecule has 1 atom stereocenters. The van der Waals surface area contributed by atoms with Crippen LogP contribution >= 0.6 is 11.6 Å². The molecule has 2 rings (SSSR count). The molecule has 2 heterocycles. The molecular formula is C13H20ClN3O. The number of alkyl halides is 1. The number of aryl methyl sites for hydroxylation is 2. The van der Waals surface area contributed by atoms with Crippen LogP contribution in [0.1, 0.15) is 35.8 Å². The number of nitrogens with zero attached hydrogens (tertiary/aromatic N) is 3. The molecular weight excluding hydrogens is 250 g/mol. The Morgan fingerprint density at radius 3 is 2.56 bits per heavy atom. The van der Waals surface area contributed by atoms with Crippen molar-refractivity contribution in [3.8, 4) is 0 Å². The average Bonchev–Trinajstić information content (AvgIpc) is 2.67. The first-order valence-electron chi connectivity index (χ1n) is 6.42. The van der Waals surface area contributed by atoms with Gasteiger partial charge >= 0.3 is 0 Å². The van der Waals surface area contributed by atoms with E-state index in [1.54, 1.807) is 10.9 Å². The molecule has 1 aliphatic heterocycles. The molecule has 1 aromatic rings. The topological polar surface area (TPSA) is 38.1 Å². The number of likely N-dealkylation sites (tertiary alicyclic amines) is 1. The normalized spacial score (nSPS) is 19.0. The fourth-order valence-corrected chi connectivity index (χ4v) is 2.79. The lowest BCUT2D eigenvalue weighted by Crippen LogP contribution is -2.40. The number of halogens is 1. The van der Waals surface area contributed by atoms with Crippen LogP contribution in [0.25, 0.3) is 0 Å². The van der Waals surface area contributed by atoms with Gasteiger partial charge < -0.3 is 4.90 Å². The van der Waals surface area contributed by atoms with Gasteiger partial charge in [-0.15, -0.1) is 11.6 Å². The Labute approximate surface area is 113 Å². The van der Waals surface area contributed by atoms with Crippen LogP contribution in [0.4, 0.5) is 0 Å². The summed E-state index contributed by atoms with van der Waals surface area (Å²) in [5.41, 5.74) is 1.52. The monoisotopic (exact) mass is 269 g/mol. The first-order valence-corrected chi connectivity index (χ1v) is 6.86. The Morgan fingerprint density at radius 2 is 2.11 bits per heavy atom. The van der Waals surface area contributed by atoms with Gasteiger partial charge in [0, 0.05) is 31.7 Å². The van der Waals surface area contributed by atoms with Crippen molar-refractivity contribution in [3.63, 3.8) is 0 Å². The zero-order chi connectivity index (χ0) is 13.3. The summed E-state index contributed by atoms with van der Waals surface area (Å²) in [6.07, 6.45) is 3.79. The molecule has 1 saturated heterocycles. The third-order valence-electron chi connectivity index (χ3n) is 3.72. The van der Waals surface area contributed by atoms with E-state index in [1.807, 2.05) is 25.8 Å². The molecule has 100 valence electrons. The van der Waals surface area contributed by atoms with Crippen molar-refractivity contribution >= 4 is 17.5 Å². The summed E-state index contributed by atoms with van der Waals surface area (Å²) in [5.74, 6) is 0.631. The first kappa shape index (κ1) is 13.4. The number of carbonyl (C=O) groups excluding carboxylic acids is 1. The van der Waals surface area contributed by atoms with E-state index in [0.29, 0.717) is 5.92 Å². The van der Waals surface area contributed by atoms with Gasteiger partial charge in [-0.1, -0.05) is 0 Å². The summed E-state index contributed by atoms with van der Waals surface area (Å²) in [6, 6.07) is 0. The van der Waals surface area contributed by atoms with Crippen LogP contribution in [0.15, 0.2) is 6.20 Å². The van der Waals surface area contributed by atoms with Crippen molar-refractivity contribution in [3.05, 3.63) is 17.5 Å². The third kappa shape index (κ3) is 2.69. The highest BCUT2D eigenvalue weighted by Gasteiger charge is 2.27. The molecule has 1 fully saturated rings. The molecule has 4 nitrogen and oxygen atoms in total. The summed E-state index contributed by atoms with van der Waals surface area (Å²) in [6.45, 7) is 5.51. The van der Waals surface area contributed by atoms with Crippen molar-refractivity contribution in [1.29, 1.82) is 0 Å². The number of carbonyl (C=O) groups is 1. The quantitative estimate of drug-likeness (QED) is 0.772. The Kier molecular flexibility index (Phi) is 3.95. The van der Waals surface area contributed by atoms with Crippen LogP contribution in [-0.2, 0) is 7.05 Å². The van der Waals surface area contributed by atoms with Gasteiger partial charge in [0.2, 0.25) is 0 Å². The van der Waals surface area contributed by atoms with Crippen molar-refractivity contribution in [2.24, 2.45) is 13.0 Å². The number of hydrogen-bond donors (Lipinski definition) is 0. The lowest BCUT2D eigenvalue weighted by atomic mass is 9.93. The highest BCUT2D eigenvalue weighted by molar-refractivity contribution is 6.20. The van der Waals surface area contributed by atoms with Crippen LogP contribution in [0.2, 0.25) is 0 Å². The molecule has 5 heteroatoms. The Balaban J connectivity index is 2.02. The van der Waals surface area contributed by atoms with Gasteiger partial charge in [0.15, 0.2) is 0 Å². The Bertz CT molecular complexity index is 433. The second kappa shape index (κ2) is 5.31. The van der Waals surface area contributed by atoms with Crippen molar-refractivity contribution in [1.82, 2.24) is 14.7 Å². The van der Waals surface area contributed by atoms with Gasteiger partial charge in [0.25, 0.3) is 5.91 Å². The SMILES string of the molecule is Cc1nn(C)cc1C(=O)N1CCC(C(C)Cl)CC1. The van der Waals surface area contributed by atoms with E-state index in [9.17, 15) is 4.79 Å². The highest BCUT2D eigenvalue weighted by Crippen LogP contribution is 2.25. The van der Waals surface area contributed by atoms with Crippen LogP contribution in [-0.4, -0.2) is 39.1 Å². The van der Waals surface area contributed by atoms with E-state index in [0.717, 1.165) is 37.2 Å². The third-order valence-corrected chi connectivity index (χ3v) is 4.08. The number of hydrogen-bond acceptors (Lipinski definition) is 2. The molecule has 1 amide bonds. The van der Waals surface area contributed by atoms with Crippen molar-refractivity contribution in [2.45, 2.75) is 32.1 Å². The number of piperidine rings is 1. The average molecular weight is 270 g/mol. The number of rotatable bonds is 2. The molecule has 1 aliphatic rings. The second-order valence-electron chi connectivity index (χ2n) is 5.11. The largest absolute Gasteiger partial charge is 0.339 e. The summed E-state index contributed by atoms with van der Waals surface area (Å²) in [5, 5.41) is 4.41. The van der Waals surface area contributed by atoms with Crippen molar-refractivity contribution in [2.75, 3.05) is 13.1 Å². The van der Waals surface area contributed by atoms with Gasteiger partial charge in [-0.05, 0) is 32.6 Å². The summed E-state index contributed by atoms with van der Waals surface area (Å²) < 4.78 is 1.69. The maximum atomic E-state index is 12.4. The summed E-state index contributed by atoms with van der Waals surface area (Å²) in [4.78, 5) is 14.3. The molecule has 18 heavy (non-hydrogen) atoms. The predicted molar refractivity (Wildman–Crippen MR) is 71.9 cm³/mol. The molecule has 0 radical (unpaired) electrons. The second-order valence-corrected chi connectivity index (χ2v) is 5.80. The molecule has 0 aromatic carbocycles. The molecule has 0 aliphatic carbocycles. The number of aromatic nitrogens is 2. The minimum absolute atomic E-state index is 0.0984. The van der Waals surface area contributed by atoms with Crippen molar-refractivity contribution < 1.29 is 4.79 Å². The Morgan fingerprint density at radius 1 is 1.50 bits per heavy atom. The van der Waals surface area contributed by atoms with E-state index in [4.69, 9.17) is 11.6 Å². The lowest BCUT2D eigenvalue weighted by molar-refractivity contribution is 0.0689. The fraction of sp³-hybridized carbons (Fsp3) is 0.692. The zero-order valence-electron chi connectivity index (χ0n) is 11.2. The van der Waals surface area contributed by atoms with Gasteiger partial charge in [-0.2, -0.15) is 5.10 Å². The molecule has 0 bridgehead atoms. The van der Waals surface area contributed by atoms with Crippen LogP contribution in [0.5, 0.6) is 0 Å². The fourth-order valence-electron chi connectivity index (χ4n) is 2.54. The van der Waals surface area contributed by atoms with E-state index in [1.165, 1.54) is 0 Å². The summed E-state index contributed by atoms with van der Waals surface area (Å²) >= 11 is 6.11. The van der Waals surface area contributed by atoms with Crippen LogP contribution in [0.3, 0.4) is 0 Å². The predicted octanol–water partition coefficient (Wildman–Crippen LogP) is 2.21. The Hall–Kier alpha value is -1.03. The molecule has 0 spiro atoms. The van der Waals surface area contributed by atoms with E-state index in [2.05, 4.69) is 5.10 Å². The highest BCUT2D eigenvalue weighted by atomic mass is 35.5. The van der Waals surface area contributed by atoms with E-state index in [-0.39, 0.29) is 11.3 Å². The number of amides is 1. The molecule has 0 saturated carbocycles. The van der Waals surface area contributed by atoms with Crippen LogP contribution in [0, 0.1) is 12.8 Å². The minimum atomic E-state index is 0.0984. The smallest absolute Gasteiger partial charge is 0.257 e. The summed E-state index contributed by atoms with van der Waals surface area (Å²) in [7, 11) is 1.84. The zero-order valence-corrected chi connectivity index (χ0v) is 11.9. The van der Waals surface area contributed by atoms with Gasteiger partial charge in [0.05, 0.1) is 11.3 Å². The maximum Gasteiger partial charge on any atom is 0.257 e. The molecule has 0 N–H and O–H groups in total. The minimum Gasteiger partial charge on any atom is -0.339 e. The van der Waals surface area contributed by atoms with Gasteiger partial charge in [0.1, 0.15) is 0 Å². The lowest BCUT2D eigenvalue weighted by Gasteiger charge is -2.33. The molecule has 1 aromatic heterocycles. The van der Waals surface area contributed by atoms with Gasteiger partial charge in [-0.25, -0.2) is 0 Å². The maximum absolute atomic E-state index is 12.4. The van der Waals surface area contributed by atoms with Crippen LogP contribution < -0.4 is 0 Å².